The molecule has 18 heavy (non-hydrogen) atoms. The summed E-state index contributed by atoms with van der Waals surface area (Å²) in [6.45, 7) is 1.10. The maximum Gasteiger partial charge on any atom is 0.144 e. The van der Waals surface area contributed by atoms with E-state index in [1.54, 1.807) is 18.0 Å². The summed E-state index contributed by atoms with van der Waals surface area (Å²) in [6, 6.07) is 10.3. The molecule has 0 fully saturated rings. The summed E-state index contributed by atoms with van der Waals surface area (Å²) < 4.78 is 0. The number of nitrogens with one attached hydrogen (secondary N) is 1. The Hall–Kier alpha value is -1.59. The van der Waals surface area contributed by atoms with Gasteiger partial charge >= 0.3 is 0 Å². The van der Waals surface area contributed by atoms with E-state index in [4.69, 9.17) is 5.73 Å². The Morgan fingerprint density at radius 2 is 2.00 bits per heavy atom. The zero-order valence-corrected chi connectivity index (χ0v) is 11.1. The average Bonchev–Trinajstić information content (AvgIpc) is 2.46. The maximum absolute atomic E-state index is 5.50. The van der Waals surface area contributed by atoms with Gasteiger partial charge in [0.05, 0.1) is 6.54 Å². The first-order chi connectivity index (χ1) is 8.81. The van der Waals surface area contributed by atoms with Crippen molar-refractivity contribution in [2.75, 3.05) is 11.6 Å². The highest BCUT2D eigenvalue weighted by Crippen LogP contribution is 2.15. The maximum atomic E-state index is 5.50. The van der Waals surface area contributed by atoms with Crippen LogP contribution in [0.1, 0.15) is 11.4 Å². The van der Waals surface area contributed by atoms with Gasteiger partial charge in [-0.1, -0.05) is 12.1 Å². The summed E-state index contributed by atoms with van der Waals surface area (Å²) >= 11 is 1.74. The van der Waals surface area contributed by atoms with Crippen LogP contribution >= 0.6 is 11.8 Å². The van der Waals surface area contributed by atoms with Crippen LogP contribution in [0, 0.1) is 0 Å². The molecule has 4 nitrogen and oxygen atoms in total. The van der Waals surface area contributed by atoms with Crippen molar-refractivity contribution >= 4 is 17.6 Å². The van der Waals surface area contributed by atoms with Crippen LogP contribution in [0.2, 0.25) is 0 Å². The molecule has 0 aliphatic heterocycles. The van der Waals surface area contributed by atoms with Crippen LogP contribution < -0.4 is 11.1 Å². The molecule has 94 valence electrons. The molecule has 0 unspecified atom stereocenters. The molecule has 5 heteroatoms. The molecule has 1 aromatic carbocycles. The first-order valence-electron chi connectivity index (χ1n) is 5.70. The van der Waals surface area contributed by atoms with Gasteiger partial charge in [-0.05, 0) is 30.0 Å². The topological polar surface area (TPSA) is 63.8 Å². The molecule has 0 aliphatic carbocycles. The third-order valence-electron chi connectivity index (χ3n) is 2.52. The number of benzene rings is 1. The van der Waals surface area contributed by atoms with Gasteiger partial charge in [0.2, 0.25) is 0 Å². The third-order valence-corrected chi connectivity index (χ3v) is 3.26. The number of thioether (sulfide) groups is 1. The molecule has 2 aromatic rings. The fraction of sp³-hybridized carbons (Fsp3) is 0.231. The van der Waals surface area contributed by atoms with Crippen LogP contribution in [0.3, 0.4) is 0 Å². The second-order valence-corrected chi connectivity index (χ2v) is 4.64. The Morgan fingerprint density at radius 3 is 2.67 bits per heavy atom. The number of nitrogens with two attached hydrogens (primary N) is 1. The van der Waals surface area contributed by atoms with Crippen molar-refractivity contribution in [3.8, 4) is 0 Å². The van der Waals surface area contributed by atoms with Crippen LogP contribution in [-0.4, -0.2) is 16.2 Å². The fourth-order valence-electron chi connectivity index (χ4n) is 1.53. The first-order valence-corrected chi connectivity index (χ1v) is 6.93. The van der Waals surface area contributed by atoms with E-state index in [2.05, 4.69) is 45.8 Å². The Kier molecular flexibility index (Phi) is 4.55. The highest BCUT2D eigenvalue weighted by molar-refractivity contribution is 7.98. The second-order valence-electron chi connectivity index (χ2n) is 3.76. The lowest BCUT2D eigenvalue weighted by molar-refractivity contribution is 0.904. The Labute approximate surface area is 111 Å². The Morgan fingerprint density at radius 1 is 1.22 bits per heavy atom. The zero-order valence-electron chi connectivity index (χ0n) is 10.3. The summed E-state index contributed by atoms with van der Waals surface area (Å²) in [5.74, 6) is 1.46. The lowest BCUT2D eigenvalue weighted by Crippen LogP contribution is -2.06. The molecule has 1 heterocycles. The quantitative estimate of drug-likeness (QED) is 0.807. The van der Waals surface area contributed by atoms with Crippen molar-refractivity contribution < 1.29 is 0 Å². The predicted molar refractivity (Wildman–Crippen MR) is 75.5 cm³/mol. The van der Waals surface area contributed by atoms with E-state index in [0.717, 1.165) is 12.4 Å². The number of anilines is 1. The van der Waals surface area contributed by atoms with Gasteiger partial charge in [-0.2, -0.15) is 0 Å². The molecule has 0 aliphatic rings. The van der Waals surface area contributed by atoms with Crippen LogP contribution in [-0.2, 0) is 13.1 Å². The number of hydrogen-bond acceptors (Lipinski definition) is 5. The molecule has 0 saturated carbocycles. The lowest BCUT2D eigenvalue weighted by atomic mass is 10.2. The van der Waals surface area contributed by atoms with Crippen molar-refractivity contribution in [3.63, 3.8) is 0 Å². The molecule has 2 rings (SSSR count). The highest BCUT2D eigenvalue weighted by atomic mass is 32.2. The molecule has 0 spiro atoms. The van der Waals surface area contributed by atoms with Gasteiger partial charge in [0.25, 0.3) is 0 Å². The Bertz CT molecular complexity index is 499. The van der Waals surface area contributed by atoms with Gasteiger partial charge < -0.3 is 11.1 Å². The van der Waals surface area contributed by atoms with Crippen LogP contribution in [0.5, 0.6) is 0 Å². The molecule has 0 saturated heterocycles. The lowest BCUT2D eigenvalue weighted by Gasteiger charge is -2.07. The number of rotatable bonds is 5. The molecule has 3 N–H and O–H groups in total. The summed E-state index contributed by atoms with van der Waals surface area (Å²) in [7, 11) is 0. The van der Waals surface area contributed by atoms with Crippen molar-refractivity contribution in [1.82, 2.24) is 9.97 Å². The Balaban J connectivity index is 1.97. The van der Waals surface area contributed by atoms with Gasteiger partial charge in [0.1, 0.15) is 11.6 Å². The summed E-state index contributed by atoms with van der Waals surface area (Å²) in [5, 5.41) is 3.26. The van der Waals surface area contributed by atoms with Crippen LogP contribution in [0.4, 0.5) is 5.82 Å². The van der Waals surface area contributed by atoms with Gasteiger partial charge in [0.15, 0.2) is 0 Å². The smallest absolute Gasteiger partial charge is 0.144 e. The minimum Gasteiger partial charge on any atom is -0.366 e. The third kappa shape index (κ3) is 3.45. The van der Waals surface area contributed by atoms with E-state index < -0.39 is 0 Å². The highest BCUT2D eigenvalue weighted by Gasteiger charge is 1.98. The molecular weight excluding hydrogens is 244 g/mol. The van der Waals surface area contributed by atoms with E-state index in [9.17, 15) is 0 Å². The predicted octanol–water partition coefficient (Wildman–Crippen LogP) is 2.27. The zero-order chi connectivity index (χ0) is 12.8. The van der Waals surface area contributed by atoms with E-state index in [0.29, 0.717) is 12.4 Å². The van der Waals surface area contributed by atoms with Gasteiger partial charge in [-0.15, -0.1) is 11.8 Å². The number of nitrogens with zero attached hydrogens (tertiary/aromatic N) is 2. The van der Waals surface area contributed by atoms with Gasteiger partial charge in [-0.25, -0.2) is 9.97 Å². The SMILES string of the molecule is CSc1ccc(CNc2ccnc(CN)n2)cc1. The van der Waals surface area contributed by atoms with Crippen molar-refractivity contribution in [2.45, 2.75) is 18.0 Å². The molecule has 1 aromatic heterocycles. The van der Waals surface area contributed by atoms with Gasteiger partial charge in [-0.3, -0.25) is 0 Å². The van der Waals surface area contributed by atoms with Gasteiger partial charge in [0, 0.05) is 17.6 Å². The first kappa shape index (κ1) is 12.9. The molecule has 0 bridgehead atoms. The second kappa shape index (κ2) is 6.37. The van der Waals surface area contributed by atoms with E-state index in [1.165, 1.54) is 10.5 Å². The van der Waals surface area contributed by atoms with E-state index >= 15 is 0 Å². The molecule has 0 amide bonds. The van der Waals surface area contributed by atoms with Crippen molar-refractivity contribution in [3.05, 3.63) is 47.9 Å². The van der Waals surface area contributed by atoms with E-state index in [-0.39, 0.29) is 0 Å². The summed E-state index contributed by atoms with van der Waals surface area (Å²) in [5.41, 5.74) is 6.73. The standard InChI is InChI=1S/C13H16N4S/c1-18-11-4-2-10(3-5-11)9-16-12-6-7-15-13(8-14)17-12/h2-7H,8-9,14H2,1H3,(H,15,16,17). The normalized spacial score (nSPS) is 10.3. The number of aromatic nitrogens is 2. The molecule has 0 radical (unpaired) electrons. The fourth-order valence-corrected chi connectivity index (χ4v) is 1.94. The monoisotopic (exact) mass is 260 g/mol. The molecule has 0 atom stereocenters. The minimum atomic E-state index is 0.359. The summed E-state index contributed by atoms with van der Waals surface area (Å²) in [6.07, 6.45) is 3.79. The van der Waals surface area contributed by atoms with Crippen LogP contribution in [0.25, 0.3) is 0 Å². The van der Waals surface area contributed by atoms with Crippen LogP contribution in [0.15, 0.2) is 41.4 Å². The molecular formula is C13H16N4S. The summed E-state index contributed by atoms with van der Waals surface area (Å²) in [4.78, 5) is 9.62. The van der Waals surface area contributed by atoms with E-state index in [1.807, 2.05) is 6.07 Å². The average molecular weight is 260 g/mol. The number of hydrogen-bond donors (Lipinski definition) is 2. The largest absolute Gasteiger partial charge is 0.366 e. The van der Waals surface area contributed by atoms with Crippen molar-refractivity contribution in [1.29, 1.82) is 0 Å². The van der Waals surface area contributed by atoms with Crippen molar-refractivity contribution in [2.24, 2.45) is 5.73 Å². The minimum absolute atomic E-state index is 0.359.